The summed E-state index contributed by atoms with van der Waals surface area (Å²) in [4.78, 5) is 25.3. The zero-order chi connectivity index (χ0) is 25.8. The maximum atomic E-state index is 12.7. The van der Waals surface area contributed by atoms with Crippen LogP contribution < -0.4 is 5.32 Å². The lowest BCUT2D eigenvalue weighted by molar-refractivity contribution is 0.0494. The van der Waals surface area contributed by atoms with Gasteiger partial charge >= 0.3 is 5.97 Å². The van der Waals surface area contributed by atoms with Crippen LogP contribution in [0.5, 0.6) is 0 Å². The van der Waals surface area contributed by atoms with E-state index in [1.54, 1.807) is 24.3 Å². The number of benzene rings is 2. The molecule has 2 rings (SSSR count). The minimum Gasteiger partial charge on any atom is -0.462 e. The van der Waals surface area contributed by atoms with Gasteiger partial charge in [0.1, 0.15) is 0 Å². The number of amides is 1. The molecule has 0 spiro atoms. The Balaban J connectivity index is 1.60. The molecule has 0 fully saturated rings. The lowest BCUT2D eigenvalue weighted by atomic mass is 10.1. The molecule has 36 heavy (non-hydrogen) atoms. The van der Waals surface area contributed by atoms with Gasteiger partial charge in [-0.05, 0) is 56.7 Å². The number of ether oxygens (including phenoxy) is 1. The van der Waals surface area contributed by atoms with Gasteiger partial charge in [-0.1, -0.05) is 107 Å². The molecule has 2 aromatic rings. The van der Waals surface area contributed by atoms with Gasteiger partial charge in [0.15, 0.2) is 0 Å². The second-order valence-electron chi connectivity index (χ2n) is 9.92. The van der Waals surface area contributed by atoms with Gasteiger partial charge < -0.3 is 10.1 Å². The molecule has 4 heteroatoms. The number of nitrogens with one attached hydrogen (secondary N) is 1. The third kappa shape index (κ3) is 12.4. The lowest BCUT2D eigenvalue weighted by Crippen LogP contribution is -2.26. The van der Waals surface area contributed by atoms with Crippen LogP contribution in [0.4, 0.5) is 0 Å². The van der Waals surface area contributed by atoms with Gasteiger partial charge in [-0.3, -0.25) is 4.79 Å². The van der Waals surface area contributed by atoms with Crippen molar-refractivity contribution in [2.45, 2.75) is 104 Å². The van der Waals surface area contributed by atoms with Crippen LogP contribution in [0.1, 0.15) is 122 Å². The summed E-state index contributed by atoms with van der Waals surface area (Å²) in [6.07, 6.45) is 16.6. The average molecular weight is 494 g/mol. The van der Waals surface area contributed by atoms with Gasteiger partial charge in [0, 0.05) is 6.54 Å². The molecule has 2 aromatic carbocycles. The maximum absolute atomic E-state index is 12.7. The van der Waals surface area contributed by atoms with Crippen LogP contribution in [0.3, 0.4) is 0 Å². The van der Waals surface area contributed by atoms with E-state index in [0.717, 1.165) is 38.5 Å². The van der Waals surface area contributed by atoms with E-state index in [4.69, 9.17) is 4.74 Å². The fraction of sp³-hybridized carbons (Fsp3) is 0.562. The Kier molecular flexibility index (Phi) is 15.3. The third-order valence-electron chi connectivity index (χ3n) is 6.63. The number of rotatable bonds is 19. The summed E-state index contributed by atoms with van der Waals surface area (Å²) in [5.41, 5.74) is 3.38. The molecule has 0 radical (unpaired) electrons. The molecule has 0 heterocycles. The molecule has 0 aromatic heterocycles. The number of hydrogen-bond donors (Lipinski definition) is 1. The summed E-state index contributed by atoms with van der Waals surface area (Å²) in [6.45, 7) is 5.37. The fourth-order valence-corrected chi connectivity index (χ4v) is 4.49. The SMILES string of the molecule is CCCCCCCCCCCCNC(=O)c1ccccc1C(=O)OCCCCCc1cccc(C)c1. The van der Waals surface area contributed by atoms with Gasteiger partial charge in [0.2, 0.25) is 0 Å². The van der Waals surface area contributed by atoms with Gasteiger partial charge in [0.25, 0.3) is 5.91 Å². The molecule has 0 aliphatic carbocycles. The summed E-state index contributed by atoms with van der Waals surface area (Å²) < 4.78 is 5.48. The monoisotopic (exact) mass is 493 g/mol. The van der Waals surface area contributed by atoms with Crippen molar-refractivity contribution in [1.82, 2.24) is 5.32 Å². The summed E-state index contributed by atoms with van der Waals surface area (Å²) in [7, 11) is 0. The Morgan fingerprint density at radius 1 is 0.722 bits per heavy atom. The number of hydrogen-bond acceptors (Lipinski definition) is 3. The van der Waals surface area contributed by atoms with E-state index >= 15 is 0 Å². The van der Waals surface area contributed by atoms with Crippen molar-refractivity contribution in [3.05, 3.63) is 70.8 Å². The van der Waals surface area contributed by atoms with Crippen molar-refractivity contribution in [2.75, 3.05) is 13.2 Å². The van der Waals surface area contributed by atoms with Gasteiger partial charge in [-0.15, -0.1) is 0 Å². The summed E-state index contributed by atoms with van der Waals surface area (Å²) in [5.74, 6) is -0.616. The van der Waals surface area contributed by atoms with Crippen LogP contribution >= 0.6 is 0 Å². The van der Waals surface area contributed by atoms with E-state index in [1.165, 1.54) is 62.5 Å². The van der Waals surface area contributed by atoms with E-state index < -0.39 is 5.97 Å². The van der Waals surface area contributed by atoms with Crippen LogP contribution in [0.15, 0.2) is 48.5 Å². The highest BCUT2D eigenvalue weighted by Crippen LogP contribution is 2.13. The van der Waals surface area contributed by atoms with Gasteiger partial charge in [-0.2, -0.15) is 0 Å². The van der Waals surface area contributed by atoms with Crippen molar-refractivity contribution < 1.29 is 14.3 Å². The largest absolute Gasteiger partial charge is 0.462 e. The normalized spacial score (nSPS) is 10.8. The molecule has 0 aliphatic rings. The maximum Gasteiger partial charge on any atom is 0.338 e. The number of aryl methyl sites for hydroxylation is 2. The molecular formula is C32H47NO3. The smallest absolute Gasteiger partial charge is 0.338 e. The minimum absolute atomic E-state index is 0.198. The lowest BCUT2D eigenvalue weighted by Gasteiger charge is -2.10. The Hall–Kier alpha value is -2.62. The van der Waals surface area contributed by atoms with E-state index in [0.29, 0.717) is 24.3 Å². The molecule has 0 saturated carbocycles. The summed E-state index contributed by atoms with van der Waals surface area (Å²) in [5, 5.41) is 2.98. The zero-order valence-electron chi connectivity index (χ0n) is 22.7. The standard InChI is InChI=1S/C32H47NO3/c1-3-4-5-6-7-8-9-10-11-16-24-33-31(34)29-22-14-15-23-30(29)32(35)36-25-17-12-13-20-28-21-18-19-27(2)26-28/h14-15,18-19,21-23,26H,3-13,16-17,20,24-25H2,1-2H3,(H,33,34). The van der Waals surface area contributed by atoms with Gasteiger partial charge in [0.05, 0.1) is 17.7 Å². The topological polar surface area (TPSA) is 55.4 Å². The molecule has 1 N–H and O–H groups in total. The first kappa shape index (κ1) is 29.6. The quantitative estimate of drug-likeness (QED) is 0.158. The first-order valence-electron chi connectivity index (χ1n) is 14.2. The number of carbonyl (C=O) groups excluding carboxylic acids is 2. The zero-order valence-corrected chi connectivity index (χ0v) is 22.7. The van der Waals surface area contributed by atoms with Crippen molar-refractivity contribution >= 4 is 11.9 Å². The molecule has 198 valence electrons. The highest BCUT2D eigenvalue weighted by Gasteiger charge is 2.17. The summed E-state index contributed by atoms with van der Waals surface area (Å²) in [6, 6.07) is 15.5. The second kappa shape index (κ2) is 18.6. The van der Waals surface area contributed by atoms with Gasteiger partial charge in [-0.25, -0.2) is 4.79 Å². The van der Waals surface area contributed by atoms with E-state index in [9.17, 15) is 9.59 Å². The fourth-order valence-electron chi connectivity index (χ4n) is 4.49. The molecule has 0 saturated heterocycles. The molecule has 0 bridgehead atoms. The molecule has 0 atom stereocenters. The molecule has 1 amide bonds. The van der Waals surface area contributed by atoms with Crippen LogP contribution in [0.2, 0.25) is 0 Å². The molecule has 0 aliphatic heterocycles. The first-order valence-corrected chi connectivity index (χ1v) is 14.2. The third-order valence-corrected chi connectivity index (χ3v) is 6.63. The Morgan fingerprint density at radius 3 is 2.06 bits per heavy atom. The predicted molar refractivity (Wildman–Crippen MR) is 150 cm³/mol. The molecule has 4 nitrogen and oxygen atoms in total. The van der Waals surface area contributed by atoms with Crippen LogP contribution in [0, 0.1) is 6.92 Å². The average Bonchev–Trinajstić information content (AvgIpc) is 2.89. The van der Waals surface area contributed by atoms with Crippen molar-refractivity contribution in [1.29, 1.82) is 0 Å². The Morgan fingerprint density at radius 2 is 1.36 bits per heavy atom. The second-order valence-corrected chi connectivity index (χ2v) is 9.92. The number of carbonyl (C=O) groups is 2. The first-order chi connectivity index (χ1) is 17.6. The number of unbranched alkanes of at least 4 members (excludes halogenated alkanes) is 11. The molecular weight excluding hydrogens is 446 g/mol. The van der Waals surface area contributed by atoms with Crippen LogP contribution in [0.25, 0.3) is 0 Å². The van der Waals surface area contributed by atoms with Crippen molar-refractivity contribution in [3.63, 3.8) is 0 Å². The predicted octanol–water partition coefficient (Wildman–Crippen LogP) is 8.22. The van der Waals surface area contributed by atoms with Crippen LogP contribution in [-0.4, -0.2) is 25.0 Å². The van der Waals surface area contributed by atoms with Crippen molar-refractivity contribution in [3.8, 4) is 0 Å². The van der Waals surface area contributed by atoms with E-state index in [1.807, 2.05) is 0 Å². The minimum atomic E-state index is -0.418. The number of esters is 1. The Labute approximate surface area is 219 Å². The highest BCUT2D eigenvalue weighted by atomic mass is 16.5. The Bertz CT molecular complexity index is 892. The van der Waals surface area contributed by atoms with E-state index in [-0.39, 0.29) is 5.91 Å². The summed E-state index contributed by atoms with van der Waals surface area (Å²) >= 11 is 0. The van der Waals surface area contributed by atoms with Crippen molar-refractivity contribution in [2.24, 2.45) is 0 Å². The van der Waals surface area contributed by atoms with Crippen LogP contribution in [-0.2, 0) is 11.2 Å². The molecule has 0 unspecified atom stereocenters. The highest BCUT2D eigenvalue weighted by molar-refractivity contribution is 6.05. The van der Waals surface area contributed by atoms with E-state index in [2.05, 4.69) is 43.4 Å².